The molecule has 1 aromatic heterocycles. The van der Waals surface area contributed by atoms with E-state index in [1.165, 1.54) is 0 Å². The Hall–Kier alpha value is -1.18. The van der Waals surface area contributed by atoms with Crippen LogP contribution in [-0.2, 0) is 16.0 Å². The molecule has 0 amide bonds. The molecular formula is C13H26N4O3. The number of rotatable bonds is 10. The molecule has 0 aliphatic carbocycles. The van der Waals surface area contributed by atoms with Gasteiger partial charge in [0, 0.05) is 25.8 Å². The summed E-state index contributed by atoms with van der Waals surface area (Å²) in [6.07, 6.45) is 0.877. The van der Waals surface area contributed by atoms with Crippen LogP contribution >= 0.6 is 0 Å². The van der Waals surface area contributed by atoms with E-state index in [0.717, 1.165) is 13.0 Å². The van der Waals surface area contributed by atoms with Gasteiger partial charge in [0.25, 0.3) is 0 Å². The first-order valence-electron chi connectivity index (χ1n) is 6.89. The van der Waals surface area contributed by atoms with Crippen LogP contribution in [0.5, 0.6) is 0 Å². The Morgan fingerprint density at radius 3 is 2.65 bits per heavy atom. The van der Waals surface area contributed by atoms with Crippen LogP contribution in [0.25, 0.3) is 0 Å². The van der Waals surface area contributed by atoms with Crippen molar-refractivity contribution in [3.05, 3.63) is 5.89 Å². The highest BCUT2D eigenvalue weighted by Gasteiger charge is 2.11. The van der Waals surface area contributed by atoms with Gasteiger partial charge in [-0.25, -0.2) is 0 Å². The molecule has 0 atom stereocenters. The zero-order chi connectivity index (χ0) is 14.8. The Balaban J connectivity index is 2.11. The van der Waals surface area contributed by atoms with Gasteiger partial charge in [0.05, 0.1) is 19.8 Å². The van der Waals surface area contributed by atoms with Gasteiger partial charge in [-0.3, -0.25) is 0 Å². The quantitative estimate of drug-likeness (QED) is 0.629. The molecule has 0 bridgehead atoms. The fourth-order valence-corrected chi connectivity index (χ4v) is 1.35. The van der Waals surface area contributed by atoms with Gasteiger partial charge in [-0.05, 0) is 27.2 Å². The Kier molecular flexibility index (Phi) is 7.50. The highest BCUT2D eigenvalue weighted by molar-refractivity contribution is 5.16. The molecule has 0 saturated heterocycles. The number of ether oxygens (including phenoxy) is 2. The minimum atomic E-state index is 0.0294. The first-order chi connectivity index (χ1) is 9.51. The number of anilines is 1. The van der Waals surface area contributed by atoms with E-state index in [1.807, 2.05) is 0 Å². The second kappa shape index (κ2) is 8.89. The zero-order valence-corrected chi connectivity index (χ0v) is 12.9. The molecule has 0 radical (unpaired) electrons. The van der Waals surface area contributed by atoms with Crippen LogP contribution in [-0.4, -0.2) is 49.2 Å². The highest BCUT2D eigenvalue weighted by atomic mass is 16.5. The van der Waals surface area contributed by atoms with E-state index in [4.69, 9.17) is 13.9 Å². The average molecular weight is 286 g/mol. The zero-order valence-electron chi connectivity index (χ0n) is 12.9. The third-order valence-electron chi connectivity index (χ3n) is 2.41. The van der Waals surface area contributed by atoms with E-state index in [9.17, 15) is 0 Å². The largest absolute Gasteiger partial charge is 0.407 e. The van der Waals surface area contributed by atoms with E-state index in [0.29, 0.717) is 38.3 Å². The number of nitrogens with zero attached hydrogens (tertiary/aromatic N) is 2. The van der Waals surface area contributed by atoms with Crippen LogP contribution in [0.15, 0.2) is 4.42 Å². The summed E-state index contributed by atoms with van der Waals surface area (Å²) in [7, 11) is 1.66. The minimum Gasteiger partial charge on any atom is -0.407 e. The summed E-state index contributed by atoms with van der Waals surface area (Å²) in [6, 6.07) is 0.451. The number of aromatic nitrogens is 2. The molecule has 0 fully saturated rings. The summed E-state index contributed by atoms with van der Waals surface area (Å²) in [5.74, 6) is 0.582. The van der Waals surface area contributed by atoms with E-state index < -0.39 is 0 Å². The summed E-state index contributed by atoms with van der Waals surface area (Å²) in [4.78, 5) is 0. The lowest BCUT2D eigenvalue weighted by Crippen LogP contribution is -2.35. The first kappa shape index (κ1) is 16.9. The van der Waals surface area contributed by atoms with E-state index in [1.54, 1.807) is 7.11 Å². The van der Waals surface area contributed by atoms with Crippen LogP contribution < -0.4 is 10.6 Å². The molecule has 0 aromatic carbocycles. The number of nitrogens with one attached hydrogen (secondary N) is 2. The molecule has 0 aliphatic heterocycles. The monoisotopic (exact) mass is 286 g/mol. The molecule has 1 heterocycles. The van der Waals surface area contributed by atoms with Crippen molar-refractivity contribution in [1.29, 1.82) is 0 Å². The minimum absolute atomic E-state index is 0.0294. The average Bonchev–Trinajstić information content (AvgIpc) is 2.82. The van der Waals surface area contributed by atoms with Crippen molar-refractivity contribution in [2.24, 2.45) is 0 Å². The fraction of sp³-hybridized carbons (Fsp3) is 0.846. The highest BCUT2D eigenvalue weighted by Crippen LogP contribution is 2.07. The van der Waals surface area contributed by atoms with Gasteiger partial charge in [-0.2, -0.15) is 0 Å². The molecule has 0 saturated carbocycles. The molecule has 116 valence electrons. The molecule has 7 nitrogen and oxygen atoms in total. The maximum atomic E-state index is 5.47. The second-order valence-electron chi connectivity index (χ2n) is 5.49. The third kappa shape index (κ3) is 8.08. The topological polar surface area (TPSA) is 81.4 Å². The van der Waals surface area contributed by atoms with Gasteiger partial charge in [0.1, 0.15) is 0 Å². The number of hydrogen-bond donors (Lipinski definition) is 2. The molecule has 0 aliphatic rings. The van der Waals surface area contributed by atoms with Crippen LogP contribution in [0.2, 0.25) is 0 Å². The Bertz CT molecular complexity index is 363. The van der Waals surface area contributed by atoms with Gasteiger partial charge in [0.15, 0.2) is 0 Å². The lowest BCUT2D eigenvalue weighted by molar-refractivity contribution is 0.0705. The summed E-state index contributed by atoms with van der Waals surface area (Å²) >= 11 is 0. The predicted molar refractivity (Wildman–Crippen MR) is 76.7 cm³/mol. The van der Waals surface area contributed by atoms with Crippen molar-refractivity contribution in [2.45, 2.75) is 39.3 Å². The summed E-state index contributed by atoms with van der Waals surface area (Å²) in [5, 5.41) is 14.3. The van der Waals surface area contributed by atoms with Crippen molar-refractivity contribution in [3.63, 3.8) is 0 Å². The van der Waals surface area contributed by atoms with Crippen LogP contribution in [0, 0.1) is 0 Å². The number of hydrogen-bond acceptors (Lipinski definition) is 7. The fourth-order valence-electron chi connectivity index (χ4n) is 1.35. The maximum absolute atomic E-state index is 5.47. The second-order valence-corrected chi connectivity index (χ2v) is 5.49. The van der Waals surface area contributed by atoms with Crippen molar-refractivity contribution < 1.29 is 13.9 Å². The van der Waals surface area contributed by atoms with Crippen molar-refractivity contribution in [3.8, 4) is 0 Å². The maximum Gasteiger partial charge on any atom is 0.315 e. The van der Waals surface area contributed by atoms with Gasteiger partial charge < -0.3 is 24.5 Å². The first-order valence-corrected chi connectivity index (χ1v) is 6.89. The molecule has 1 rings (SSSR count). The summed E-state index contributed by atoms with van der Waals surface area (Å²) < 4.78 is 15.7. The molecule has 20 heavy (non-hydrogen) atoms. The van der Waals surface area contributed by atoms with Gasteiger partial charge in [0.2, 0.25) is 5.89 Å². The smallest absolute Gasteiger partial charge is 0.315 e. The number of methoxy groups -OCH3 is 1. The standard InChI is InChI=1S/C13H26N4O3/c1-13(2,3)15-10-11-16-17-12(20-11)14-6-5-7-19-9-8-18-4/h15H,5-10H2,1-4H3,(H,14,17). The summed E-state index contributed by atoms with van der Waals surface area (Å²) in [6.45, 7) is 9.51. The Morgan fingerprint density at radius 1 is 1.15 bits per heavy atom. The molecule has 7 heteroatoms. The normalized spacial score (nSPS) is 11.8. The molecular weight excluding hydrogens is 260 g/mol. The van der Waals surface area contributed by atoms with Gasteiger partial charge >= 0.3 is 6.01 Å². The SMILES string of the molecule is COCCOCCCNc1nnc(CNC(C)(C)C)o1. The van der Waals surface area contributed by atoms with Crippen LogP contribution in [0.3, 0.4) is 0 Å². The van der Waals surface area contributed by atoms with Crippen molar-refractivity contribution in [1.82, 2.24) is 15.5 Å². The lowest BCUT2D eigenvalue weighted by Gasteiger charge is -2.18. The van der Waals surface area contributed by atoms with Crippen molar-refractivity contribution >= 4 is 6.01 Å². The van der Waals surface area contributed by atoms with Crippen LogP contribution in [0.1, 0.15) is 33.1 Å². The predicted octanol–water partition coefficient (Wildman–Crippen LogP) is 1.42. The van der Waals surface area contributed by atoms with E-state index in [-0.39, 0.29) is 5.54 Å². The van der Waals surface area contributed by atoms with Gasteiger partial charge in [-0.15, -0.1) is 5.10 Å². The van der Waals surface area contributed by atoms with E-state index in [2.05, 4.69) is 41.6 Å². The molecule has 1 aromatic rings. The summed E-state index contributed by atoms with van der Waals surface area (Å²) in [5.41, 5.74) is 0.0294. The molecule has 0 spiro atoms. The van der Waals surface area contributed by atoms with Gasteiger partial charge in [-0.1, -0.05) is 5.10 Å². The Labute approximate surface area is 120 Å². The molecule has 2 N–H and O–H groups in total. The van der Waals surface area contributed by atoms with Crippen LogP contribution in [0.4, 0.5) is 6.01 Å². The third-order valence-corrected chi connectivity index (χ3v) is 2.41. The molecule has 0 unspecified atom stereocenters. The van der Waals surface area contributed by atoms with E-state index >= 15 is 0 Å². The van der Waals surface area contributed by atoms with Crippen molar-refractivity contribution in [2.75, 3.05) is 38.8 Å². The lowest BCUT2D eigenvalue weighted by atomic mass is 10.1. The Morgan fingerprint density at radius 2 is 1.95 bits per heavy atom.